The highest BCUT2D eigenvalue weighted by Crippen LogP contribution is 2.25. The van der Waals surface area contributed by atoms with Crippen LogP contribution in [0.2, 0.25) is 0 Å². The van der Waals surface area contributed by atoms with E-state index in [1.807, 2.05) is 0 Å². The van der Waals surface area contributed by atoms with Crippen LogP contribution in [0.3, 0.4) is 0 Å². The highest BCUT2D eigenvalue weighted by molar-refractivity contribution is 7.89. The van der Waals surface area contributed by atoms with Crippen molar-refractivity contribution in [2.45, 2.75) is 37.7 Å². The molecule has 25 heavy (non-hydrogen) atoms. The zero-order chi connectivity index (χ0) is 18.0. The standard InChI is InChI=1S/C17H20FN3O3S/c1-12-10-14(18)5-6-16(12)25(22,23)21-9-3-4-15(11-21)24-17-7-8-19-13(2)20-17/h5-8,10,15H,3-4,9,11H2,1-2H3/t15-/m0/s1. The smallest absolute Gasteiger partial charge is 0.243 e. The molecule has 1 aliphatic heterocycles. The summed E-state index contributed by atoms with van der Waals surface area (Å²) < 4.78 is 46.3. The summed E-state index contributed by atoms with van der Waals surface area (Å²) >= 11 is 0. The SMILES string of the molecule is Cc1nccc(O[C@H]2CCCN(S(=O)(=O)c3ccc(F)cc3C)C2)n1. The molecule has 0 amide bonds. The van der Waals surface area contributed by atoms with Crippen LogP contribution in [-0.2, 0) is 10.0 Å². The van der Waals surface area contributed by atoms with E-state index < -0.39 is 15.8 Å². The second-order valence-corrected chi connectivity index (χ2v) is 8.00. The van der Waals surface area contributed by atoms with Crippen molar-refractivity contribution in [1.29, 1.82) is 0 Å². The van der Waals surface area contributed by atoms with Gasteiger partial charge in [0.05, 0.1) is 11.4 Å². The van der Waals surface area contributed by atoms with Crippen LogP contribution in [0.1, 0.15) is 24.2 Å². The average Bonchev–Trinajstić information content (AvgIpc) is 2.55. The van der Waals surface area contributed by atoms with Gasteiger partial charge < -0.3 is 4.74 Å². The zero-order valence-electron chi connectivity index (χ0n) is 14.1. The topological polar surface area (TPSA) is 72.4 Å². The van der Waals surface area contributed by atoms with Gasteiger partial charge in [-0.1, -0.05) is 0 Å². The molecular formula is C17H20FN3O3S. The Balaban J connectivity index is 1.78. The molecule has 0 unspecified atom stereocenters. The first-order valence-electron chi connectivity index (χ1n) is 8.09. The van der Waals surface area contributed by atoms with Crippen molar-refractivity contribution >= 4 is 10.0 Å². The van der Waals surface area contributed by atoms with Gasteiger partial charge >= 0.3 is 0 Å². The molecular weight excluding hydrogens is 345 g/mol. The van der Waals surface area contributed by atoms with Crippen molar-refractivity contribution in [2.75, 3.05) is 13.1 Å². The molecule has 0 aliphatic carbocycles. The van der Waals surface area contributed by atoms with Crippen LogP contribution >= 0.6 is 0 Å². The minimum atomic E-state index is -3.69. The third-order valence-electron chi connectivity index (χ3n) is 4.13. The van der Waals surface area contributed by atoms with Gasteiger partial charge in [-0.3, -0.25) is 0 Å². The minimum Gasteiger partial charge on any atom is -0.473 e. The van der Waals surface area contributed by atoms with Crippen LogP contribution in [0.25, 0.3) is 0 Å². The molecule has 1 atom stereocenters. The van der Waals surface area contributed by atoms with Gasteiger partial charge in [0.2, 0.25) is 15.9 Å². The molecule has 1 aromatic heterocycles. The predicted molar refractivity (Wildman–Crippen MR) is 90.3 cm³/mol. The van der Waals surface area contributed by atoms with Gasteiger partial charge in [-0.2, -0.15) is 9.29 Å². The van der Waals surface area contributed by atoms with E-state index in [2.05, 4.69) is 9.97 Å². The predicted octanol–water partition coefficient (Wildman–Crippen LogP) is 2.46. The Hall–Kier alpha value is -2.06. The fraction of sp³-hybridized carbons (Fsp3) is 0.412. The van der Waals surface area contributed by atoms with E-state index in [1.165, 1.54) is 22.5 Å². The number of ether oxygens (including phenoxy) is 1. The van der Waals surface area contributed by atoms with E-state index in [1.54, 1.807) is 26.1 Å². The fourth-order valence-corrected chi connectivity index (χ4v) is 4.65. The molecule has 6 nitrogen and oxygen atoms in total. The van der Waals surface area contributed by atoms with Gasteiger partial charge in [-0.05, 0) is 50.5 Å². The number of piperidine rings is 1. The molecule has 0 N–H and O–H groups in total. The lowest BCUT2D eigenvalue weighted by molar-refractivity contribution is 0.124. The number of hydrogen-bond donors (Lipinski definition) is 0. The first kappa shape index (κ1) is 17.8. The Kier molecular flexibility index (Phi) is 5.01. The van der Waals surface area contributed by atoms with Crippen LogP contribution in [-0.4, -0.2) is 41.9 Å². The van der Waals surface area contributed by atoms with Gasteiger partial charge in [0.15, 0.2) is 0 Å². The van der Waals surface area contributed by atoms with Crippen molar-refractivity contribution in [2.24, 2.45) is 0 Å². The largest absolute Gasteiger partial charge is 0.473 e. The van der Waals surface area contributed by atoms with E-state index in [0.29, 0.717) is 30.2 Å². The Morgan fingerprint density at radius 3 is 2.80 bits per heavy atom. The fourth-order valence-electron chi connectivity index (χ4n) is 2.93. The third kappa shape index (κ3) is 3.96. The van der Waals surface area contributed by atoms with Crippen molar-refractivity contribution in [1.82, 2.24) is 14.3 Å². The second-order valence-electron chi connectivity index (χ2n) is 6.10. The highest BCUT2D eigenvalue weighted by Gasteiger charge is 2.32. The quantitative estimate of drug-likeness (QED) is 0.832. The van der Waals surface area contributed by atoms with Crippen LogP contribution in [0.5, 0.6) is 5.88 Å². The van der Waals surface area contributed by atoms with Gasteiger partial charge in [-0.25, -0.2) is 17.8 Å². The molecule has 1 aliphatic rings. The molecule has 0 spiro atoms. The van der Waals surface area contributed by atoms with E-state index in [-0.39, 0.29) is 17.5 Å². The molecule has 134 valence electrons. The number of benzene rings is 1. The number of halogens is 1. The lowest BCUT2D eigenvalue weighted by atomic mass is 10.1. The maximum atomic E-state index is 13.3. The van der Waals surface area contributed by atoms with E-state index in [0.717, 1.165) is 6.42 Å². The number of rotatable bonds is 4. The molecule has 0 saturated carbocycles. The lowest BCUT2D eigenvalue weighted by Gasteiger charge is -2.32. The summed E-state index contributed by atoms with van der Waals surface area (Å²) in [7, 11) is -3.69. The maximum Gasteiger partial charge on any atom is 0.243 e. The molecule has 1 saturated heterocycles. The molecule has 2 aromatic rings. The summed E-state index contributed by atoms with van der Waals surface area (Å²) in [5, 5.41) is 0. The minimum absolute atomic E-state index is 0.132. The molecule has 3 rings (SSSR count). The normalized spacial score (nSPS) is 18.9. The average molecular weight is 365 g/mol. The van der Waals surface area contributed by atoms with E-state index in [9.17, 15) is 12.8 Å². The first-order valence-corrected chi connectivity index (χ1v) is 9.53. The van der Waals surface area contributed by atoms with Crippen molar-refractivity contribution in [3.8, 4) is 5.88 Å². The van der Waals surface area contributed by atoms with Crippen LogP contribution < -0.4 is 4.74 Å². The monoisotopic (exact) mass is 365 g/mol. The number of nitrogens with zero attached hydrogens (tertiary/aromatic N) is 3. The van der Waals surface area contributed by atoms with Gasteiger partial charge in [0.25, 0.3) is 0 Å². The van der Waals surface area contributed by atoms with E-state index >= 15 is 0 Å². The molecule has 8 heteroatoms. The molecule has 1 aromatic carbocycles. The number of hydrogen-bond acceptors (Lipinski definition) is 5. The van der Waals surface area contributed by atoms with Crippen LogP contribution in [0, 0.1) is 19.7 Å². The summed E-state index contributed by atoms with van der Waals surface area (Å²) in [6, 6.07) is 5.37. The van der Waals surface area contributed by atoms with Crippen LogP contribution in [0.15, 0.2) is 35.4 Å². The Labute approximate surface area is 146 Å². The summed E-state index contributed by atoms with van der Waals surface area (Å²) in [5.41, 5.74) is 0.398. The number of aromatic nitrogens is 2. The Bertz CT molecular complexity index is 873. The summed E-state index contributed by atoms with van der Waals surface area (Å²) in [4.78, 5) is 8.34. The first-order chi connectivity index (χ1) is 11.9. The van der Waals surface area contributed by atoms with Gasteiger partial charge in [0.1, 0.15) is 17.7 Å². The Morgan fingerprint density at radius 2 is 2.08 bits per heavy atom. The molecule has 1 fully saturated rings. The second kappa shape index (κ2) is 7.05. The van der Waals surface area contributed by atoms with Gasteiger partial charge in [-0.15, -0.1) is 0 Å². The summed E-state index contributed by atoms with van der Waals surface area (Å²) in [6.07, 6.45) is 2.77. The molecule has 0 radical (unpaired) electrons. The third-order valence-corrected chi connectivity index (χ3v) is 6.16. The maximum absolute atomic E-state index is 13.3. The molecule has 2 heterocycles. The van der Waals surface area contributed by atoms with Crippen molar-refractivity contribution in [3.63, 3.8) is 0 Å². The Morgan fingerprint density at radius 1 is 1.28 bits per heavy atom. The van der Waals surface area contributed by atoms with Crippen LogP contribution in [0.4, 0.5) is 4.39 Å². The molecule has 0 bridgehead atoms. The summed E-state index contributed by atoms with van der Waals surface area (Å²) in [6.45, 7) is 4.02. The summed E-state index contributed by atoms with van der Waals surface area (Å²) in [5.74, 6) is 0.588. The van der Waals surface area contributed by atoms with E-state index in [4.69, 9.17) is 4.74 Å². The highest BCUT2D eigenvalue weighted by atomic mass is 32.2. The van der Waals surface area contributed by atoms with Crippen molar-refractivity contribution in [3.05, 3.63) is 47.7 Å². The zero-order valence-corrected chi connectivity index (χ0v) is 15.0. The number of sulfonamides is 1. The van der Waals surface area contributed by atoms with Crippen molar-refractivity contribution < 1.29 is 17.5 Å². The van der Waals surface area contributed by atoms with Gasteiger partial charge in [0, 0.05) is 18.8 Å². The lowest BCUT2D eigenvalue weighted by Crippen LogP contribution is -2.44. The number of aryl methyl sites for hydroxylation is 2.